The van der Waals surface area contributed by atoms with Crippen LogP contribution >= 0.6 is 11.6 Å². The second kappa shape index (κ2) is 9.03. The molecule has 2 atom stereocenters. The fourth-order valence-corrected chi connectivity index (χ4v) is 3.28. The van der Waals surface area contributed by atoms with Crippen LogP contribution in [-0.2, 0) is 14.4 Å². The van der Waals surface area contributed by atoms with Crippen LogP contribution in [0.25, 0.3) is 0 Å². The van der Waals surface area contributed by atoms with Crippen LogP contribution in [0.1, 0.15) is 38.7 Å². The number of carbonyl (C=O) groups is 2. The second-order valence-corrected chi connectivity index (χ2v) is 6.85. The Bertz CT molecular complexity index is 803. The lowest BCUT2D eigenvalue weighted by Crippen LogP contribution is -2.39. The lowest BCUT2D eigenvalue weighted by atomic mass is 9.82. The van der Waals surface area contributed by atoms with Crippen LogP contribution in [0.3, 0.4) is 0 Å². The summed E-state index contributed by atoms with van der Waals surface area (Å²) in [5, 5.41) is 21.8. The van der Waals surface area contributed by atoms with Gasteiger partial charge in [0.15, 0.2) is 0 Å². The molecule has 8 heteroatoms. The summed E-state index contributed by atoms with van der Waals surface area (Å²) < 4.78 is 0. The van der Waals surface area contributed by atoms with Gasteiger partial charge in [0, 0.05) is 22.3 Å². The molecule has 1 aliphatic rings. The largest absolute Gasteiger partial charge is 0.481 e. The molecule has 0 saturated carbocycles. The summed E-state index contributed by atoms with van der Waals surface area (Å²) in [5.41, 5.74) is 7.16. The molecule has 27 heavy (non-hydrogen) atoms. The van der Waals surface area contributed by atoms with E-state index in [4.69, 9.17) is 26.7 Å². The van der Waals surface area contributed by atoms with Gasteiger partial charge in [0.2, 0.25) is 0 Å². The van der Waals surface area contributed by atoms with Gasteiger partial charge in [-0.05, 0) is 43.5 Å². The molecule has 0 bridgehead atoms. The number of dihydropyridines is 1. The van der Waals surface area contributed by atoms with Crippen LogP contribution in [-0.4, -0.2) is 34.8 Å². The maximum atomic E-state index is 11.1. The van der Waals surface area contributed by atoms with Crippen molar-refractivity contribution in [3.63, 3.8) is 0 Å². The van der Waals surface area contributed by atoms with Crippen LogP contribution in [0.4, 0.5) is 0 Å². The molecule has 0 amide bonds. The second-order valence-electron chi connectivity index (χ2n) is 6.44. The zero-order valence-corrected chi connectivity index (χ0v) is 16.1. The zero-order valence-electron chi connectivity index (χ0n) is 15.4. The standard InChI is InChI=1S/C19H23ClN2O5/c1-10-12(3)21-16(9-27-22-15(19(25)26)8-17(23)24)11(2)18(10)13-6-4-5-7-14(13)20/h4-7,15,18,21-22H,8-9H2,1-3H3,(H,23,24)(H,25,26). The third-order valence-corrected chi connectivity index (χ3v) is 4.95. The first-order chi connectivity index (χ1) is 12.7. The number of hydroxylamine groups is 1. The summed E-state index contributed by atoms with van der Waals surface area (Å²) in [4.78, 5) is 27.1. The fraction of sp³-hybridized carbons (Fsp3) is 0.368. The molecule has 1 aliphatic heterocycles. The quantitative estimate of drug-likeness (QED) is 0.502. The molecule has 4 N–H and O–H groups in total. The van der Waals surface area contributed by atoms with Gasteiger partial charge in [0.1, 0.15) is 12.6 Å². The van der Waals surface area contributed by atoms with E-state index in [1.807, 2.05) is 45.0 Å². The highest BCUT2D eigenvalue weighted by Crippen LogP contribution is 2.40. The average molecular weight is 395 g/mol. The molecule has 1 aromatic rings. The molecule has 2 rings (SSSR count). The van der Waals surface area contributed by atoms with Crippen molar-refractivity contribution in [2.75, 3.05) is 6.61 Å². The highest BCUT2D eigenvalue weighted by Gasteiger charge is 2.27. The number of carboxylic acid groups (broad SMARTS) is 2. The SMILES string of the molecule is CC1=C(C)C(c2ccccc2Cl)C(C)=C(CONC(CC(=O)O)C(=O)O)N1. The molecule has 0 saturated heterocycles. The lowest BCUT2D eigenvalue weighted by Gasteiger charge is -2.31. The summed E-state index contributed by atoms with van der Waals surface area (Å²) >= 11 is 6.38. The molecule has 0 fully saturated rings. The topological polar surface area (TPSA) is 108 Å². The van der Waals surface area contributed by atoms with Gasteiger partial charge in [0.25, 0.3) is 0 Å². The number of allylic oxidation sites excluding steroid dienone is 3. The minimum atomic E-state index is -1.33. The van der Waals surface area contributed by atoms with Crippen LogP contribution in [0.2, 0.25) is 5.02 Å². The van der Waals surface area contributed by atoms with Gasteiger partial charge in [-0.2, -0.15) is 5.48 Å². The van der Waals surface area contributed by atoms with E-state index in [0.29, 0.717) is 5.02 Å². The van der Waals surface area contributed by atoms with Crippen LogP contribution in [0.15, 0.2) is 46.8 Å². The van der Waals surface area contributed by atoms with Gasteiger partial charge in [-0.15, -0.1) is 0 Å². The first-order valence-corrected chi connectivity index (χ1v) is 8.80. The molecule has 1 aromatic carbocycles. The van der Waals surface area contributed by atoms with Crippen molar-refractivity contribution >= 4 is 23.5 Å². The van der Waals surface area contributed by atoms with Crippen molar-refractivity contribution in [2.24, 2.45) is 0 Å². The van der Waals surface area contributed by atoms with Gasteiger partial charge in [-0.25, -0.2) is 0 Å². The van der Waals surface area contributed by atoms with E-state index >= 15 is 0 Å². The van der Waals surface area contributed by atoms with Crippen LogP contribution < -0.4 is 10.8 Å². The van der Waals surface area contributed by atoms with Crippen molar-refractivity contribution in [1.29, 1.82) is 0 Å². The fourth-order valence-electron chi connectivity index (χ4n) is 3.03. The Labute approximate surface area is 162 Å². The summed E-state index contributed by atoms with van der Waals surface area (Å²) in [6.45, 7) is 5.99. The number of carboxylic acids is 2. The van der Waals surface area contributed by atoms with E-state index in [9.17, 15) is 9.59 Å². The highest BCUT2D eigenvalue weighted by atomic mass is 35.5. The van der Waals surface area contributed by atoms with E-state index in [-0.39, 0.29) is 12.5 Å². The summed E-state index contributed by atoms with van der Waals surface area (Å²) in [5.74, 6) is -2.54. The van der Waals surface area contributed by atoms with Gasteiger partial charge in [-0.1, -0.05) is 29.8 Å². The number of benzene rings is 1. The van der Waals surface area contributed by atoms with E-state index in [1.54, 1.807) is 0 Å². The monoisotopic (exact) mass is 394 g/mol. The Morgan fingerprint density at radius 2 is 1.89 bits per heavy atom. The minimum absolute atomic E-state index is 0.0205. The van der Waals surface area contributed by atoms with E-state index in [0.717, 1.165) is 28.1 Å². The molecule has 0 radical (unpaired) electrons. The molecule has 0 aromatic heterocycles. The third-order valence-electron chi connectivity index (χ3n) is 4.61. The van der Waals surface area contributed by atoms with Crippen molar-refractivity contribution in [3.05, 3.63) is 57.4 Å². The molecule has 0 spiro atoms. The smallest absolute Gasteiger partial charge is 0.323 e. The molecule has 146 valence electrons. The number of halogens is 1. The first kappa shape index (κ1) is 21.0. The van der Waals surface area contributed by atoms with Crippen molar-refractivity contribution in [2.45, 2.75) is 39.2 Å². The van der Waals surface area contributed by atoms with Crippen LogP contribution in [0.5, 0.6) is 0 Å². The Hall–Kier alpha value is -2.35. The van der Waals surface area contributed by atoms with E-state index < -0.39 is 24.4 Å². The Morgan fingerprint density at radius 1 is 1.22 bits per heavy atom. The Morgan fingerprint density at radius 3 is 2.48 bits per heavy atom. The van der Waals surface area contributed by atoms with Gasteiger partial charge < -0.3 is 15.5 Å². The highest BCUT2D eigenvalue weighted by molar-refractivity contribution is 6.31. The molecule has 0 aliphatic carbocycles. The predicted molar refractivity (Wildman–Crippen MR) is 101 cm³/mol. The average Bonchev–Trinajstić information content (AvgIpc) is 2.59. The summed E-state index contributed by atoms with van der Waals surface area (Å²) in [7, 11) is 0. The van der Waals surface area contributed by atoms with E-state index in [2.05, 4.69) is 10.8 Å². The Balaban J connectivity index is 2.18. The number of aliphatic carboxylic acids is 2. The first-order valence-electron chi connectivity index (χ1n) is 8.42. The maximum Gasteiger partial charge on any atom is 0.323 e. The van der Waals surface area contributed by atoms with E-state index in [1.165, 1.54) is 0 Å². The molecular weight excluding hydrogens is 372 g/mol. The number of hydrogen-bond donors (Lipinski definition) is 4. The predicted octanol–water partition coefficient (Wildman–Crippen LogP) is 3.04. The van der Waals surface area contributed by atoms with Gasteiger partial charge in [0.05, 0.1) is 6.42 Å². The van der Waals surface area contributed by atoms with Crippen molar-refractivity contribution in [3.8, 4) is 0 Å². The number of hydrogen-bond acceptors (Lipinski definition) is 5. The summed E-state index contributed by atoms with van der Waals surface area (Å²) in [6.07, 6.45) is -0.582. The lowest BCUT2D eigenvalue weighted by molar-refractivity contribution is -0.150. The maximum absolute atomic E-state index is 11.1. The van der Waals surface area contributed by atoms with Crippen molar-refractivity contribution < 1.29 is 24.6 Å². The third kappa shape index (κ3) is 5.09. The molecular formula is C19H23ClN2O5. The number of rotatable bonds is 8. The van der Waals surface area contributed by atoms with Gasteiger partial charge >= 0.3 is 11.9 Å². The molecule has 2 unspecified atom stereocenters. The van der Waals surface area contributed by atoms with Crippen molar-refractivity contribution in [1.82, 2.24) is 10.8 Å². The molecule has 7 nitrogen and oxygen atoms in total. The van der Waals surface area contributed by atoms with Gasteiger partial charge in [-0.3, -0.25) is 14.4 Å². The normalized spacial score (nSPS) is 18.3. The minimum Gasteiger partial charge on any atom is -0.481 e. The zero-order chi connectivity index (χ0) is 20.1. The molecule has 1 heterocycles. The summed E-state index contributed by atoms with van der Waals surface area (Å²) in [6, 6.07) is 6.30. The van der Waals surface area contributed by atoms with Crippen LogP contribution in [0, 0.1) is 0 Å². The number of nitrogens with one attached hydrogen (secondary N) is 2. The Kier molecular flexibility index (Phi) is 7.01.